The van der Waals surface area contributed by atoms with Crippen molar-refractivity contribution in [2.45, 2.75) is 45.1 Å². The molecular formula is C8H20OS2. The van der Waals surface area contributed by atoms with Crippen molar-refractivity contribution in [3.63, 3.8) is 0 Å². The fraction of sp³-hybridized carbons (Fsp3) is 1.00. The van der Waals surface area contributed by atoms with Crippen molar-refractivity contribution in [1.29, 1.82) is 0 Å². The zero-order chi connectivity index (χ0) is 6.91. The SMILES string of the molecule is CC(C)(O)C1CCCC1.S.S. The molecule has 0 heterocycles. The topological polar surface area (TPSA) is 20.2 Å². The van der Waals surface area contributed by atoms with Gasteiger partial charge in [0, 0.05) is 0 Å². The molecule has 11 heavy (non-hydrogen) atoms. The molecule has 1 aliphatic rings. The molecule has 1 nitrogen and oxygen atoms in total. The molecule has 0 aromatic rings. The van der Waals surface area contributed by atoms with Gasteiger partial charge >= 0.3 is 0 Å². The lowest BCUT2D eigenvalue weighted by Crippen LogP contribution is -2.28. The summed E-state index contributed by atoms with van der Waals surface area (Å²) in [6, 6.07) is 0. The van der Waals surface area contributed by atoms with E-state index >= 15 is 0 Å². The summed E-state index contributed by atoms with van der Waals surface area (Å²) in [6.07, 6.45) is 5.08. The average molecular weight is 196 g/mol. The third-order valence-electron chi connectivity index (χ3n) is 2.35. The molecule has 0 radical (unpaired) electrons. The Balaban J connectivity index is 0. The third-order valence-corrected chi connectivity index (χ3v) is 2.35. The lowest BCUT2D eigenvalue weighted by Gasteiger charge is -2.24. The summed E-state index contributed by atoms with van der Waals surface area (Å²) in [5.41, 5.74) is -0.420. The van der Waals surface area contributed by atoms with E-state index in [-0.39, 0.29) is 27.0 Å². The minimum atomic E-state index is -0.420. The predicted octanol–water partition coefficient (Wildman–Crippen LogP) is 2.17. The first-order chi connectivity index (χ1) is 4.11. The summed E-state index contributed by atoms with van der Waals surface area (Å²) >= 11 is 0. The van der Waals surface area contributed by atoms with Crippen LogP contribution in [0, 0.1) is 5.92 Å². The molecule has 70 valence electrons. The van der Waals surface area contributed by atoms with Gasteiger partial charge in [0.15, 0.2) is 0 Å². The molecule has 0 aliphatic heterocycles. The van der Waals surface area contributed by atoms with Gasteiger partial charge in [0.2, 0.25) is 0 Å². The maximum absolute atomic E-state index is 9.52. The summed E-state index contributed by atoms with van der Waals surface area (Å²) in [5.74, 6) is 0.567. The van der Waals surface area contributed by atoms with E-state index in [0.717, 1.165) is 0 Å². The van der Waals surface area contributed by atoms with E-state index in [1.54, 1.807) is 0 Å². The van der Waals surface area contributed by atoms with Crippen LogP contribution in [-0.2, 0) is 0 Å². The maximum Gasteiger partial charge on any atom is 0.0619 e. The van der Waals surface area contributed by atoms with Crippen LogP contribution in [0.3, 0.4) is 0 Å². The second-order valence-corrected chi connectivity index (χ2v) is 3.64. The first-order valence-corrected chi connectivity index (χ1v) is 3.83. The van der Waals surface area contributed by atoms with Crippen molar-refractivity contribution >= 4 is 27.0 Å². The van der Waals surface area contributed by atoms with E-state index in [0.29, 0.717) is 5.92 Å². The highest BCUT2D eigenvalue weighted by Crippen LogP contribution is 2.33. The molecule has 0 unspecified atom stereocenters. The molecule has 1 saturated carbocycles. The summed E-state index contributed by atoms with van der Waals surface area (Å²) in [6.45, 7) is 3.84. The summed E-state index contributed by atoms with van der Waals surface area (Å²) in [4.78, 5) is 0. The highest BCUT2D eigenvalue weighted by Gasteiger charge is 2.28. The second kappa shape index (κ2) is 5.33. The Morgan fingerprint density at radius 2 is 1.45 bits per heavy atom. The van der Waals surface area contributed by atoms with Gasteiger partial charge in [-0.3, -0.25) is 0 Å². The summed E-state index contributed by atoms with van der Waals surface area (Å²) in [7, 11) is 0. The number of hydrogen-bond acceptors (Lipinski definition) is 1. The van der Waals surface area contributed by atoms with Gasteiger partial charge in [-0.15, -0.1) is 0 Å². The number of rotatable bonds is 1. The standard InChI is InChI=1S/C8H16O.2H2S/c1-8(2,9)7-5-3-4-6-7;;/h7,9H,3-6H2,1-2H3;2*1H2. The smallest absolute Gasteiger partial charge is 0.0619 e. The lowest BCUT2D eigenvalue weighted by molar-refractivity contribution is 0.0201. The van der Waals surface area contributed by atoms with Crippen molar-refractivity contribution in [3.05, 3.63) is 0 Å². The second-order valence-electron chi connectivity index (χ2n) is 3.64. The zero-order valence-corrected chi connectivity index (χ0v) is 9.35. The monoisotopic (exact) mass is 196 g/mol. The summed E-state index contributed by atoms with van der Waals surface area (Å²) in [5, 5.41) is 9.52. The predicted molar refractivity (Wildman–Crippen MR) is 59.0 cm³/mol. The van der Waals surface area contributed by atoms with Crippen LogP contribution in [0.25, 0.3) is 0 Å². The first-order valence-electron chi connectivity index (χ1n) is 3.83. The van der Waals surface area contributed by atoms with Crippen LogP contribution in [0.4, 0.5) is 0 Å². The van der Waals surface area contributed by atoms with Gasteiger partial charge in [0.25, 0.3) is 0 Å². The van der Waals surface area contributed by atoms with E-state index in [1.807, 2.05) is 13.8 Å². The molecule has 0 amide bonds. The molecule has 3 heteroatoms. The van der Waals surface area contributed by atoms with Gasteiger partial charge in [-0.05, 0) is 32.6 Å². The van der Waals surface area contributed by atoms with Crippen LogP contribution in [0.1, 0.15) is 39.5 Å². The van der Waals surface area contributed by atoms with E-state index in [4.69, 9.17) is 0 Å². The molecule has 1 aliphatic carbocycles. The molecule has 0 atom stereocenters. The van der Waals surface area contributed by atoms with Crippen LogP contribution in [0.15, 0.2) is 0 Å². The van der Waals surface area contributed by atoms with E-state index in [9.17, 15) is 5.11 Å². The molecule has 0 aromatic carbocycles. The zero-order valence-electron chi connectivity index (χ0n) is 7.35. The van der Waals surface area contributed by atoms with E-state index in [1.165, 1.54) is 25.7 Å². The Hall–Kier alpha value is 0.660. The van der Waals surface area contributed by atoms with Gasteiger partial charge < -0.3 is 5.11 Å². The molecule has 0 bridgehead atoms. The van der Waals surface area contributed by atoms with Crippen molar-refractivity contribution < 1.29 is 5.11 Å². The largest absolute Gasteiger partial charge is 0.390 e. The Labute approximate surface area is 83.5 Å². The van der Waals surface area contributed by atoms with Gasteiger partial charge in [0.1, 0.15) is 0 Å². The molecule has 1 rings (SSSR count). The van der Waals surface area contributed by atoms with Crippen molar-refractivity contribution in [2.75, 3.05) is 0 Å². The van der Waals surface area contributed by atoms with E-state index < -0.39 is 5.60 Å². The minimum Gasteiger partial charge on any atom is -0.390 e. The van der Waals surface area contributed by atoms with E-state index in [2.05, 4.69) is 0 Å². The Bertz CT molecular complexity index is 92.8. The Morgan fingerprint density at radius 1 is 1.09 bits per heavy atom. The van der Waals surface area contributed by atoms with Gasteiger partial charge in [-0.1, -0.05) is 12.8 Å². The van der Waals surface area contributed by atoms with Crippen molar-refractivity contribution in [1.82, 2.24) is 0 Å². The molecule has 0 aromatic heterocycles. The van der Waals surface area contributed by atoms with Gasteiger partial charge in [0.05, 0.1) is 5.60 Å². The van der Waals surface area contributed by atoms with Crippen LogP contribution in [-0.4, -0.2) is 10.7 Å². The normalized spacial score (nSPS) is 18.8. The lowest BCUT2D eigenvalue weighted by atomic mass is 9.90. The van der Waals surface area contributed by atoms with Gasteiger partial charge in [-0.2, -0.15) is 27.0 Å². The van der Waals surface area contributed by atoms with Crippen molar-refractivity contribution in [3.8, 4) is 0 Å². The molecule has 1 fully saturated rings. The minimum absolute atomic E-state index is 0. The highest BCUT2D eigenvalue weighted by molar-refractivity contribution is 7.59. The van der Waals surface area contributed by atoms with Crippen LogP contribution in [0.2, 0.25) is 0 Å². The molecule has 1 N–H and O–H groups in total. The van der Waals surface area contributed by atoms with Gasteiger partial charge in [-0.25, -0.2) is 0 Å². The Kier molecular flexibility index (Phi) is 6.88. The molecular weight excluding hydrogens is 176 g/mol. The third kappa shape index (κ3) is 4.28. The Morgan fingerprint density at radius 3 is 1.64 bits per heavy atom. The quantitative estimate of drug-likeness (QED) is 0.681. The van der Waals surface area contributed by atoms with Crippen molar-refractivity contribution in [2.24, 2.45) is 5.92 Å². The fourth-order valence-electron chi connectivity index (χ4n) is 1.63. The van der Waals surface area contributed by atoms with Crippen LogP contribution in [0.5, 0.6) is 0 Å². The number of aliphatic hydroxyl groups is 1. The summed E-state index contributed by atoms with van der Waals surface area (Å²) < 4.78 is 0. The van der Waals surface area contributed by atoms with Crippen LogP contribution >= 0.6 is 27.0 Å². The number of hydrogen-bond donors (Lipinski definition) is 1. The molecule has 0 saturated heterocycles. The first kappa shape index (κ1) is 14.2. The van der Waals surface area contributed by atoms with Crippen LogP contribution < -0.4 is 0 Å². The molecule has 0 spiro atoms. The fourth-order valence-corrected chi connectivity index (χ4v) is 1.63. The average Bonchev–Trinajstić information content (AvgIpc) is 2.08. The highest BCUT2D eigenvalue weighted by atomic mass is 32.1. The maximum atomic E-state index is 9.52.